The van der Waals surface area contributed by atoms with E-state index >= 15 is 0 Å². The summed E-state index contributed by atoms with van der Waals surface area (Å²) in [7, 11) is 1.60. The predicted octanol–water partition coefficient (Wildman–Crippen LogP) is 4.19. The minimum atomic E-state index is -0.635. The Kier molecular flexibility index (Phi) is 5.80. The highest BCUT2D eigenvalue weighted by atomic mass is 16.7. The van der Waals surface area contributed by atoms with E-state index in [4.69, 9.17) is 18.9 Å². The number of hydrogen-bond acceptors (Lipinski definition) is 6. The van der Waals surface area contributed by atoms with Crippen LogP contribution < -0.4 is 18.9 Å². The highest BCUT2D eigenvalue weighted by Crippen LogP contribution is 2.44. The summed E-state index contributed by atoms with van der Waals surface area (Å²) in [6.07, 6.45) is 0.437. The van der Waals surface area contributed by atoms with Gasteiger partial charge < -0.3 is 33.7 Å². The Balaban J connectivity index is 1.30. The van der Waals surface area contributed by atoms with Gasteiger partial charge in [-0.3, -0.25) is 9.59 Å². The van der Waals surface area contributed by atoms with E-state index in [-0.39, 0.29) is 25.2 Å². The standard InChI is InChI=1S/C31H29N3O6/c1-3-38-24-11-9-19(13-26(24)37-2)30-29-21(20-6-4-5-7-22(20)32-29)14-23-31(36)33(16-28(35)34(23)30)15-18-8-10-25-27(12-18)40-17-39-25/h4-13,23,30,32H,3,14-17H2,1-2H3/t23-,30?/m0/s1. The zero-order valence-corrected chi connectivity index (χ0v) is 22.3. The highest BCUT2D eigenvalue weighted by molar-refractivity contribution is 5.97. The summed E-state index contributed by atoms with van der Waals surface area (Å²) in [6.45, 7) is 2.91. The Bertz CT molecular complexity index is 1650. The number of H-pyrrole nitrogens is 1. The summed E-state index contributed by atoms with van der Waals surface area (Å²) < 4.78 is 22.3. The van der Waals surface area contributed by atoms with E-state index in [1.54, 1.807) is 16.9 Å². The lowest BCUT2D eigenvalue weighted by Gasteiger charge is -2.47. The number of nitrogens with zero attached hydrogens (tertiary/aromatic N) is 2. The second-order valence-electron chi connectivity index (χ2n) is 10.2. The molecule has 3 aliphatic rings. The first-order valence-corrected chi connectivity index (χ1v) is 13.4. The minimum absolute atomic E-state index is 0.00992. The maximum atomic E-state index is 14.1. The predicted molar refractivity (Wildman–Crippen MR) is 147 cm³/mol. The van der Waals surface area contributed by atoms with E-state index in [0.29, 0.717) is 42.6 Å². The zero-order chi connectivity index (χ0) is 27.4. The molecular formula is C31H29N3O6. The van der Waals surface area contributed by atoms with Gasteiger partial charge in [-0.1, -0.05) is 30.3 Å². The van der Waals surface area contributed by atoms with Gasteiger partial charge in [-0.2, -0.15) is 0 Å². The van der Waals surface area contributed by atoms with Crippen molar-refractivity contribution in [3.8, 4) is 23.0 Å². The molecule has 1 saturated heterocycles. The molecule has 1 aromatic heterocycles. The molecule has 2 amide bonds. The fourth-order valence-electron chi connectivity index (χ4n) is 6.19. The van der Waals surface area contributed by atoms with E-state index in [0.717, 1.165) is 33.3 Å². The molecule has 9 nitrogen and oxygen atoms in total. The van der Waals surface area contributed by atoms with E-state index in [1.165, 1.54) is 0 Å². The Morgan fingerprint density at radius 1 is 1.00 bits per heavy atom. The Morgan fingerprint density at radius 2 is 1.85 bits per heavy atom. The van der Waals surface area contributed by atoms with Gasteiger partial charge in [-0.25, -0.2) is 0 Å². The Labute approximate surface area is 231 Å². The smallest absolute Gasteiger partial charge is 0.246 e. The largest absolute Gasteiger partial charge is 0.493 e. The number of benzene rings is 3. The molecule has 204 valence electrons. The number of methoxy groups -OCH3 is 1. The van der Waals surface area contributed by atoms with Crippen molar-refractivity contribution < 1.29 is 28.5 Å². The number of carbonyl (C=O) groups excluding carboxylic acids is 2. The Morgan fingerprint density at radius 3 is 2.70 bits per heavy atom. The molecule has 9 heteroatoms. The van der Waals surface area contributed by atoms with Gasteiger partial charge in [-0.15, -0.1) is 0 Å². The highest BCUT2D eigenvalue weighted by Gasteiger charge is 2.48. The third-order valence-electron chi connectivity index (χ3n) is 7.96. The van der Waals surface area contributed by atoms with E-state index < -0.39 is 12.1 Å². The number of para-hydroxylation sites is 1. The van der Waals surface area contributed by atoms with Gasteiger partial charge in [0.15, 0.2) is 23.0 Å². The number of carbonyl (C=O) groups is 2. The van der Waals surface area contributed by atoms with Crippen molar-refractivity contribution in [3.63, 3.8) is 0 Å². The maximum Gasteiger partial charge on any atom is 0.246 e. The SMILES string of the molecule is CCOc1ccc(C2c3[nH]c4ccccc4c3C[C@H]3C(=O)N(Cc4ccc5c(c4)OCO5)CC(=O)N23)cc1OC. The molecule has 0 spiro atoms. The summed E-state index contributed by atoms with van der Waals surface area (Å²) in [4.78, 5) is 35.0. The van der Waals surface area contributed by atoms with Crippen molar-refractivity contribution in [2.24, 2.45) is 0 Å². The molecule has 0 aliphatic carbocycles. The first-order chi connectivity index (χ1) is 19.6. The van der Waals surface area contributed by atoms with Crippen LogP contribution in [-0.4, -0.2) is 59.7 Å². The third-order valence-corrected chi connectivity index (χ3v) is 7.96. The lowest BCUT2D eigenvalue weighted by atomic mass is 9.86. The van der Waals surface area contributed by atoms with E-state index in [1.807, 2.05) is 61.5 Å². The third kappa shape index (κ3) is 3.84. The first kappa shape index (κ1) is 24.4. The zero-order valence-electron chi connectivity index (χ0n) is 22.3. The molecular weight excluding hydrogens is 510 g/mol. The molecule has 0 radical (unpaired) electrons. The topological polar surface area (TPSA) is 93.3 Å². The van der Waals surface area contributed by atoms with Crippen molar-refractivity contribution in [1.82, 2.24) is 14.8 Å². The van der Waals surface area contributed by atoms with E-state index in [2.05, 4.69) is 11.1 Å². The van der Waals surface area contributed by atoms with Crippen LogP contribution in [0.3, 0.4) is 0 Å². The van der Waals surface area contributed by atoms with Crippen LogP contribution in [0.1, 0.15) is 35.3 Å². The number of amides is 2. The van der Waals surface area contributed by atoms with E-state index in [9.17, 15) is 9.59 Å². The first-order valence-electron chi connectivity index (χ1n) is 13.4. The van der Waals surface area contributed by atoms with Crippen LogP contribution in [0.15, 0.2) is 60.7 Å². The van der Waals surface area contributed by atoms with Crippen LogP contribution in [0.2, 0.25) is 0 Å². The summed E-state index contributed by atoms with van der Waals surface area (Å²) >= 11 is 0. The van der Waals surface area contributed by atoms with Crippen LogP contribution in [0.25, 0.3) is 10.9 Å². The Hall–Kier alpha value is -4.66. The van der Waals surface area contributed by atoms with Gasteiger partial charge in [-0.05, 0) is 53.9 Å². The van der Waals surface area contributed by atoms with Gasteiger partial charge in [0.1, 0.15) is 12.6 Å². The summed E-state index contributed by atoms with van der Waals surface area (Å²) in [5, 5.41) is 1.06. The molecule has 4 aromatic rings. The molecule has 7 rings (SSSR count). The van der Waals surface area contributed by atoms with Crippen LogP contribution in [0, 0.1) is 0 Å². The van der Waals surface area contributed by atoms with Crippen molar-refractivity contribution >= 4 is 22.7 Å². The monoisotopic (exact) mass is 539 g/mol. The van der Waals surface area contributed by atoms with Crippen LogP contribution in [0.5, 0.6) is 23.0 Å². The maximum absolute atomic E-state index is 14.1. The molecule has 4 heterocycles. The summed E-state index contributed by atoms with van der Waals surface area (Å²) in [5.74, 6) is 2.38. The number of piperazine rings is 1. The fourth-order valence-corrected chi connectivity index (χ4v) is 6.19. The molecule has 40 heavy (non-hydrogen) atoms. The molecule has 0 saturated carbocycles. The second-order valence-corrected chi connectivity index (χ2v) is 10.2. The van der Waals surface area contributed by atoms with Crippen LogP contribution in [-0.2, 0) is 22.6 Å². The average molecular weight is 540 g/mol. The number of aromatic nitrogens is 1. The molecule has 1 fully saturated rings. The van der Waals surface area contributed by atoms with Crippen LogP contribution >= 0.6 is 0 Å². The second kappa shape index (κ2) is 9.51. The van der Waals surface area contributed by atoms with Gasteiger partial charge in [0.2, 0.25) is 18.6 Å². The van der Waals surface area contributed by atoms with Gasteiger partial charge in [0, 0.05) is 29.6 Å². The van der Waals surface area contributed by atoms with Gasteiger partial charge in [0.25, 0.3) is 0 Å². The quantitative estimate of drug-likeness (QED) is 0.395. The normalized spacial score (nSPS) is 19.6. The average Bonchev–Trinajstić information content (AvgIpc) is 3.59. The molecule has 0 bridgehead atoms. The molecule has 1 unspecified atom stereocenters. The number of fused-ring (bicyclic) bond motifs is 5. The summed E-state index contributed by atoms with van der Waals surface area (Å²) in [6, 6.07) is 18.3. The van der Waals surface area contributed by atoms with Crippen molar-refractivity contribution in [1.29, 1.82) is 0 Å². The van der Waals surface area contributed by atoms with Crippen molar-refractivity contribution in [2.75, 3.05) is 27.1 Å². The number of hydrogen-bond donors (Lipinski definition) is 1. The number of aromatic amines is 1. The lowest BCUT2D eigenvalue weighted by Crippen LogP contribution is -2.62. The lowest BCUT2D eigenvalue weighted by molar-refractivity contribution is -0.159. The van der Waals surface area contributed by atoms with Crippen molar-refractivity contribution in [3.05, 3.63) is 83.0 Å². The van der Waals surface area contributed by atoms with Crippen LogP contribution in [0.4, 0.5) is 0 Å². The molecule has 1 N–H and O–H groups in total. The number of rotatable bonds is 6. The molecule has 3 aliphatic heterocycles. The van der Waals surface area contributed by atoms with Crippen molar-refractivity contribution in [2.45, 2.75) is 32.0 Å². The summed E-state index contributed by atoms with van der Waals surface area (Å²) in [5.41, 5.74) is 4.69. The number of ether oxygens (including phenoxy) is 4. The minimum Gasteiger partial charge on any atom is -0.493 e. The van der Waals surface area contributed by atoms with Gasteiger partial charge >= 0.3 is 0 Å². The number of nitrogens with one attached hydrogen (secondary N) is 1. The fraction of sp³-hybridized carbons (Fsp3) is 0.290. The van der Waals surface area contributed by atoms with Gasteiger partial charge in [0.05, 0.1) is 19.8 Å². The molecule has 3 aromatic carbocycles. The molecule has 2 atom stereocenters.